The number of ether oxygens (including phenoxy) is 1. The summed E-state index contributed by atoms with van der Waals surface area (Å²) in [6.45, 7) is 0. The summed E-state index contributed by atoms with van der Waals surface area (Å²) < 4.78 is 4.47. The molecule has 6 nitrogen and oxygen atoms in total. The molecule has 0 bridgehead atoms. The van der Waals surface area contributed by atoms with Crippen molar-refractivity contribution in [3.63, 3.8) is 0 Å². The van der Waals surface area contributed by atoms with Crippen molar-refractivity contribution < 1.29 is 19.4 Å². The van der Waals surface area contributed by atoms with Crippen LogP contribution in [0.2, 0.25) is 0 Å². The number of aliphatic hydroxyl groups is 1. The number of anilines is 1. The van der Waals surface area contributed by atoms with E-state index in [0.717, 1.165) is 13.2 Å². The van der Waals surface area contributed by atoms with Crippen LogP contribution in [0.4, 0.5) is 5.69 Å². The van der Waals surface area contributed by atoms with Crippen molar-refractivity contribution in [2.75, 3.05) is 12.4 Å². The third kappa shape index (κ3) is 2.44. The summed E-state index contributed by atoms with van der Waals surface area (Å²) in [7, 11) is 1.11. The van der Waals surface area contributed by atoms with Crippen molar-refractivity contribution in [1.29, 1.82) is 5.41 Å². The van der Waals surface area contributed by atoms with Crippen molar-refractivity contribution in [2.45, 2.75) is 0 Å². The van der Waals surface area contributed by atoms with E-state index in [0.29, 0.717) is 5.69 Å². The van der Waals surface area contributed by atoms with E-state index in [2.05, 4.69) is 10.1 Å². The maximum absolute atomic E-state index is 11.7. The fourth-order valence-electron chi connectivity index (χ4n) is 1.72. The van der Waals surface area contributed by atoms with Crippen LogP contribution in [0.25, 0.3) is 0 Å². The second kappa shape index (κ2) is 5.40. The van der Waals surface area contributed by atoms with Crippen molar-refractivity contribution >= 4 is 23.2 Å². The maximum atomic E-state index is 11.7. The summed E-state index contributed by atoms with van der Waals surface area (Å²) in [5.41, 5.74) is -0.347. The number of benzene rings is 1. The number of hydrogen-bond donors (Lipinski definition) is 3. The highest BCUT2D eigenvalue weighted by molar-refractivity contribution is 6.54. The number of para-hydroxylation sites is 1. The van der Waals surface area contributed by atoms with Crippen LogP contribution in [0, 0.1) is 5.41 Å². The van der Waals surface area contributed by atoms with E-state index >= 15 is 0 Å². The zero-order valence-corrected chi connectivity index (χ0v) is 10.6. The lowest BCUT2D eigenvalue weighted by atomic mass is 9.97. The molecule has 0 aliphatic heterocycles. The van der Waals surface area contributed by atoms with Gasteiger partial charge in [-0.2, -0.15) is 0 Å². The van der Waals surface area contributed by atoms with Gasteiger partial charge in [-0.25, -0.2) is 4.79 Å². The van der Waals surface area contributed by atoms with Crippen LogP contribution in [0.1, 0.15) is 0 Å². The van der Waals surface area contributed by atoms with Crippen LogP contribution >= 0.6 is 0 Å². The highest BCUT2D eigenvalue weighted by atomic mass is 16.5. The maximum Gasteiger partial charge on any atom is 0.344 e. The molecule has 20 heavy (non-hydrogen) atoms. The lowest BCUT2D eigenvalue weighted by Gasteiger charge is -2.17. The Labute approximate surface area is 114 Å². The molecule has 0 amide bonds. The van der Waals surface area contributed by atoms with Gasteiger partial charge < -0.3 is 15.2 Å². The van der Waals surface area contributed by atoms with Crippen LogP contribution in [-0.4, -0.2) is 29.7 Å². The third-order valence-electron chi connectivity index (χ3n) is 2.71. The number of ketones is 1. The van der Waals surface area contributed by atoms with E-state index in [1.165, 1.54) is 0 Å². The molecule has 102 valence electrons. The predicted octanol–water partition coefficient (Wildman–Crippen LogP) is 1.57. The largest absolute Gasteiger partial charge is 0.505 e. The van der Waals surface area contributed by atoms with Gasteiger partial charge in [-0.3, -0.25) is 10.2 Å². The van der Waals surface area contributed by atoms with Gasteiger partial charge in [0, 0.05) is 11.8 Å². The molecule has 0 saturated carbocycles. The van der Waals surface area contributed by atoms with E-state index in [1.807, 2.05) is 6.07 Å². The lowest BCUT2D eigenvalue weighted by Crippen LogP contribution is -2.28. The molecule has 1 aliphatic carbocycles. The zero-order valence-electron chi connectivity index (χ0n) is 10.6. The second-order valence-corrected chi connectivity index (χ2v) is 4.00. The quantitative estimate of drug-likeness (QED) is 0.573. The fourth-order valence-corrected chi connectivity index (χ4v) is 1.72. The standard InChI is InChI=1S/C14H12N2O4/c1-20-14(19)11-12(15)10(17)7-9(13(11)18)16-8-5-3-2-4-6-8/h2-7,15-16,18H,1H3. The van der Waals surface area contributed by atoms with Gasteiger partial charge in [0.2, 0.25) is 5.78 Å². The van der Waals surface area contributed by atoms with Crippen LogP contribution in [-0.2, 0) is 14.3 Å². The van der Waals surface area contributed by atoms with Crippen molar-refractivity contribution in [1.82, 2.24) is 0 Å². The number of carbonyl (C=O) groups excluding carboxylic acids is 2. The lowest BCUT2D eigenvalue weighted by molar-refractivity contribution is -0.135. The summed E-state index contributed by atoms with van der Waals surface area (Å²) in [5, 5.41) is 20.4. The van der Waals surface area contributed by atoms with Gasteiger partial charge in [-0.05, 0) is 12.1 Å². The molecular weight excluding hydrogens is 260 g/mol. The van der Waals surface area contributed by atoms with Gasteiger partial charge in [-0.15, -0.1) is 0 Å². The molecule has 2 rings (SSSR count). The van der Waals surface area contributed by atoms with E-state index in [1.54, 1.807) is 24.3 Å². The van der Waals surface area contributed by atoms with Gasteiger partial charge in [0.1, 0.15) is 11.3 Å². The van der Waals surface area contributed by atoms with E-state index in [-0.39, 0.29) is 5.70 Å². The first-order valence-corrected chi connectivity index (χ1v) is 5.73. The monoisotopic (exact) mass is 272 g/mol. The number of aliphatic hydroxyl groups excluding tert-OH is 1. The molecule has 0 saturated heterocycles. The first-order valence-electron chi connectivity index (χ1n) is 5.73. The summed E-state index contributed by atoms with van der Waals surface area (Å²) >= 11 is 0. The van der Waals surface area contributed by atoms with Crippen LogP contribution in [0.15, 0.2) is 53.4 Å². The summed E-state index contributed by atoms with van der Waals surface area (Å²) in [5.74, 6) is -2.09. The Kier molecular flexibility index (Phi) is 3.65. The number of rotatable bonds is 3. The molecule has 3 N–H and O–H groups in total. The SMILES string of the molecule is COC(=O)C1=C(O)C(Nc2ccccc2)=CC(=O)C1=N. The molecule has 1 aromatic rings. The molecule has 0 heterocycles. The van der Waals surface area contributed by atoms with Crippen LogP contribution in [0.3, 0.4) is 0 Å². The van der Waals surface area contributed by atoms with Gasteiger partial charge in [-0.1, -0.05) is 18.2 Å². The number of nitrogens with one attached hydrogen (secondary N) is 2. The molecule has 0 atom stereocenters. The summed E-state index contributed by atoms with van der Waals surface area (Å²) in [6.07, 6.45) is 1.07. The Hall–Kier alpha value is -2.89. The first-order chi connectivity index (χ1) is 9.54. The van der Waals surface area contributed by atoms with Gasteiger partial charge in [0.05, 0.1) is 12.8 Å². The minimum Gasteiger partial charge on any atom is -0.505 e. The van der Waals surface area contributed by atoms with Gasteiger partial charge >= 0.3 is 5.97 Å². The minimum atomic E-state index is -0.929. The topological polar surface area (TPSA) is 99.5 Å². The molecule has 0 aromatic heterocycles. The summed E-state index contributed by atoms with van der Waals surface area (Å²) in [4.78, 5) is 23.2. The molecule has 6 heteroatoms. The van der Waals surface area contributed by atoms with Crippen molar-refractivity contribution in [2.24, 2.45) is 0 Å². The predicted molar refractivity (Wildman–Crippen MR) is 72.6 cm³/mol. The molecule has 0 unspecified atom stereocenters. The average molecular weight is 272 g/mol. The van der Waals surface area contributed by atoms with Crippen molar-refractivity contribution in [3.8, 4) is 0 Å². The Morgan fingerprint density at radius 1 is 1.30 bits per heavy atom. The first kappa shape index (κ1) is 13.5. The van der Waals surface area contributed by atoms with E-state index < -0.39 is 28.8 Å². The molecule has 0 fully saturated rings. The van der Waals surface area contributed by atoms with Crippen LogP contribution < -0.4 is 5.32 Å². The zero-order chi connectivity index (χ0) is 14.7. The fraction of sp³-hybridized carbons (Fsp3) is 0.0714. The highest BCUT2D eigenvalue weighted by Crippen LogP contribution is 2.22. The van der Waals surface area contributed by atoms with Crippen LogP contribution in [0.5, 0.6) is 0 Å². The minimum absolute atomic E-state index is 0.0533. The molecule has 1 aliphatic rings. The average Bonchev–Trinajstić information content (AvgIpc) is 2.45. The highest BCUT2D eigenvalue weighted by Gasteiger charge is 2.31. The van der Waals surface area contributed by atoms with Gasteiger partial charge in [0.15, 0.2) is 5.76 Å². The number of methoxy groups -OCH3 is 1. The smallest absolute Gasteiger partial charge is 0.344 e. The molecule has 1 aromatic carbocycles. The normalized spacial score (nSPS) is 14.9. The molecular formula is C14H12N2O4. The van der Waals surface area contributed by atoms with E-state index in [4.69, 9.17) is 5.41 Å². The number of hydrogen-bond acceptors (Lipinski definition) is 6. The Morgan fingerprint density at radius 2 is 1.95 bits per heavy atom. The third-order valence-corrected chi connectivity index (χ3v) is 2.71. The summed E-state index contributed by atoms with van der Waals surface area (Å²) in [6, 6.07) is 8.83. The number of carbonyl (C=O) groups is 2. The molecule has 0 radical (unpaired) electrons. The molecule has 0 spiro atoms. The number of allylic oxidation sites excluding steroid dienone is 1. The number of esters is 1. The van der Waals surface area contributed by atoms with E-state index in [9.17, 15) is 14.7 Å². The van der Waals surface area contributed by atoms with Crippen molar-refractivity contribution in [3.05, 3.63) is 53.4 Å². The second-order valence-electron chi connectivity index (χ2n) is 4.00. The van der Waals surface area contributed by atoms with Gasteiger partial charge in [0.25, 0.3) is 0 Å². The Balaban J connectivity index is 2.40. The Morgan fingerprint density at radius 3 is 2.55 bits per heavy atom. The Bertz CT molecular complexity index is 644.